The number of hydrogen-bond donors (Lipinski definition) is 1. The second-order valence-corrected chi connectivity index (χ2v) is 8.83. The molecule has 3 rings (SSSR count). The monoisotopic (exact) mass is 530 g/mol. The highest BCUT2D eigenvalue weighted by molar-refractivity contribution is 14.0. The summed E-state index contributed by atoms with van der Waals surface area (Å²) in [7, 11) is 1.87. The van der Waals surface area contributed by atoms with Crippen molar-refractivity contribution in [3.63, 3.8) is 0 Å². The Hall–Kier alpha value is -0.960. The summed E-state index contributed by atoms with van der Waals surface area (Å²) in [5.74, 6) is 3.20. The molecule has 2 aliphatic heterocycles. The van der Waals surface area contributed by atoms with E-state index in [-0.39, 0.29) is 24.0 Å². The molecular weight excluding hydrogens is 495 g/mol. The standard InChI is InChI=1S/C22H34N4OS.HI/c1-3-19(26-14-7-10-21(26)27)11-13-24-22(23-2)25-15-12-18(16-25)17-28-20-8-5-4-6-9-20;/h4-6,8-9,18-19H,3,7,10-17H2,1-2H3,(H,23,24);1H. The maximum atomic E-state index is 12.0. The molecule has 0 radical (unpaired) electrons. The van der Waals surface area contributed by atoms with Gasteiger partial charge in [0.25, 0.3) is 0 Å². The Morgan fingerprint density at radius 3 is 2.76 bits per heavy atom. The van der Waals surface area contributed by atoms with E-state index in [1.54, 1.807) is 0 Å². The Balaban J connectivity index is 0.00000300. The van der Waals surface area contributed by atoms with Gasteiger partial charge in [-0.25, -0.2) is 0 Å². The predicted octanol–water partition coefficient (Wildman–Crippen LogP) is 4.09. The van der Waals surface area contributed by atoms with Crippen molar-refractivity contribution in [1.82, 2.24) is 15.1 Å². The lowest BCUT2D eigenvalue weighted by atomic mass is 10.1. The van der Waals surface area contributed by atoms with Crippen LogP contribution in [0.3, 0.4) is 0 Å². The topological polar surface area (TPSA) is 47.9 Å². The third-order valence-electron chi connectivity index (χ3n) is 5.81. The first-order valence-electron chi connectivity index (χ1n) is 10.6. The number of thioether (sulfide) groups is 1. The van der Waals surface area contributed by atoms with Gasteiger partial charge in [0.05, 0.1) is 0 Å². The van der Waals surface area contributed by atoms with Gasteiger partial charge in [0.15, 0.2) is 5.96 Å². The molecule has 0 aliphatic carbocycles. The average Bonchev–Trinajstić information content (AvgIpc) is 3.37. The Kier molecular flexibility index (Phi) is 10.6. The number of likely N-dealkylation sites (tertiary alicyclic amines) is 2. The van der Waals surface area contributed by atoms with Crippen molar-refractivity contribution in [2.45, 2.75) is 50.0 Å². The van der Waals surface area contributed by atoms with Crippen LogP contribution in [-0.2, 0) is 4.79 Å². The van der Waals surface area contributed by atoms with Crippen LogP contribution in [0.1, 0.15) is 39.0 Å². The maximum Gasteiger partial charge on any atom is 0.222 e. The molecule has 7 heteroatoms. The quantitative estimate of drug-likeness (QED) is 0.238. The number of amides is 1. The molecule has 2 aliphatic rings. The molecule has 2 atom stereocenters. The van der Waals surface area contributed by atoms with E-state index in [2.05, 4.69) is 57.4 Å². The summed E-state index contributed by atoms with van der Waals surface area (Å²) >= 11 is 1.95. The fraction of sp³-hybridized carbons (Fsp3) is 0.636. The predicted molar refractivity (Wildman–Crippen MR) is 133 cm³/mol. The van der Waals surface area contributed by atoms with Crippen LogP contribution in [0.15, 0.2) is 40.2 Å². The summed E-state index contributed by atoms with van der Waals surface area (Å²) in [6.07, 6.45) is 4.97. The van der Waals surface area contributed by atoms with Gasteiger partial charge in [-0.15, -0.1) is 35.7 Å². The number of carbonyl (C=O) groups is 1. The van der Waals surface area contributed by atoms with Gasteiger partial charge in [-0.2, -0.15) is 0 Å². The van der Waals surface area contributed by atoms with Crippen LogP contribution in [0.25, 0.3) is 0 Å². The van der Waals surface area contributed by atoms with Gasteiger partial charge in [0.1, 0.15) is 0 Å². The molecule has 1 N–H and O–H groups in total. The third-order valence-corrected chi connectivity index (χ3v) is 7.05. The lowest BCUT2D eigenvalue weighted by Gasteiger charge is -2.28. The molecule has 162 valence electrons. The molecule has 5 nitrogen and oxygen atoms in total. The second-order valence-electron chi connectivity index (χ2n) is 7.74. The molecule has 1 aromatic rings. The summed E-state index contributed by atoms with van der Waals surface area (Å²) in [5, 5.41) is 3.54. The van der Waals surface area contributed by atoms with E-state index in [1.807, 2.05) is 18.8 Å². The molecule has 0 bridgehead atoms. The van der Waals surface area contributed by atoms with E-state index < -0.39 is 0 Å². The largest absolute Gasteiger partial charge is 0.356 e. The molecule has 29 heavy (non-hydrogen) atoms. The highest BCUT2D eigenvalue weighted by Crippen LogP contribution is 2.26. The molecule has 0 spiro atoms. The number of nitrogens with one attached hydrogen (secondary N) is 1. The smallest absolute Gasteiger partial charge is 0.222 e. The van der Waals surface area contributed by atoms with Gasteiger partial charge >= 0.3 is 0 Å². The molecular formula is C22H35IN4OS. The maximum absolute atomic E-state index is 12.0. The number of rotatable bonds is 8. The number of guanidine groups is 1. The first-order valence-corrected chi connectivity index (χ1v) is 11.6. The SMILES string of the molecule is CCC(CCNC(=NC)N1CCC(CSc2ccccc2)C1)N1CCCC1=O.I. The normalized spacial score (nSPS) is 20.7. The van der Waals surface area contributed by atoms with Crippen LogP contribution in [0.5, 0.6) is 0 Å². The molecule has 1 amide bonds. The molecule has 2 fully saturated rings. The van der Waals surface area contributed by atoms with Crippen LogP contribution in [-0.4, -0.2) is 66.7 Å². The van der Waals surface area contributed by atoms with E-state index in [0.717, 1.165) is 63.6 Å². The highest BCUT2D eigenvalue weighted by atomic mass is 127. The summed E-state index contributed by atoms with van der Waals surface area (Å²) in [4.78, 5) is 22.3. The van der Waals surface area contributed by atoms with Gasteiger partial charge in [-0.1, -0.05) is 25.1 Å². The summed E-state index contributed by atoms with van der Waals surface area (Å²) in [5.41, 5.74) is 0. The Morgan fingerprint density at radius 2 is 2.10 bits per heavy atom. The van der Waals surface area contributed by atoms with E-state index in [0.29, 0.717) is 17.9 Å². The van der Waals surface area contributed by atoms with Crippen molar-refractivity contribution in [2.24, 2.45) is 10.9 Å². The van der Waals surface area contributed by atoms with Crippen molar-refractivity contribution >= 4 is 47.6 Å². The van der Waals surface area contributed by atoms with Gasteiger partial charge in [-0.05, 0) is 43.7 Å². The third kappa shape index (κ3) is 7.05. The first kappa shape index (κ1) is 24.3. The first-order chi connectivity index (χ1) is 13.7. The number of benzene rings is 1. The van der Waals surface area contributed by atoms with Crippen LogP contribution in [0.2, 0.25) is 0 Å². The summed E-state index contributed by atoms with van der Waals surface area (Å²) < 4.78 is 0. The van der Waals surface area contributed by atoms with Crippen molar-refractivity contribution in [1.29, 1.82) is 0 Å². The number of halogens is 1. The molecule has 0 aromatic heterocycles. The fourth-order valence-corrected chi connectivity index (χ4v) is 5.26. The van der Waals surface area contributed by atoms with Gasteiger partial charge in [0.2, 0.25) is 5.91 Å². The fourth-order valence-electron chi connectivity index (χ4n) is 4.21. The molecule has 2 heterocycles. The van der Waals surface area contributed by atoms with Crippen molar-refractivity contribution < 1.29 is 4.79 Å². The van der Waals surface area contributed by atoms with Gasteiger partial charge in [-0.3, -0.25) is 9.79 Å². The number of carbonyl (C=O) groups excluding carboxylic acids is 1. The zero-order valence-corrected chi connectivity index (χ0v) is 20.8. The molecule has 1 aromatic carbocycles. The Bertz CT molecular complexity index is 657. The Morgan fingerprint density at radius 1 is 1.31 bits per heavy atom. The zero-order valence-electron chi connectivity index (χ0n) is 17.7. The number of nitrogens with zero attached hydrogens (tertiary/aromatic N) is 3. The van der Waals surface area contributed by atoms with Crippen molar-refractivity contribution in [3.8, 4) is 0 Å². The zero-order chi connectivity index (χ0) is 19.8. The summed E-state index contributed by atoms with van der Waals surface area (Å²) in [6, 6.07) is 11.0. The molecule has 2 saturated heterocycles. The van der Waals surface area contributed by atoms with Crippen molar-refractivity contribution in [2.75, 3.05) is 39.0 Å². The van der Waals surface area contributed by atoms with Crippen LogP contribution in [0.4, 0.5) is 0 Å². The van der Waals surface area contributed by atoms with Gasteiger partial charge in [0, 0.05) is 56.3 Å². The van der Waals surface area contributed by atoms with Crippen molar-refractivity contribution in [3.05, 3.63) is 30.3 Å². The minimum absolute atomic E-state index is 0. The minimum atomic E-state index is 0. The lowest BCUT2D eigenvalue weighted by Crippen LogP contribution is -2.43. The van der Waals surface area contributed by atoms with E-state index >= 15 is 0 Å². The molecule has 0 saturated carbocycles. The summed E-state index contributed by atoms with van der Waals surface area (Å²) in [6.45, 7) is 6.12. The lowest BCUT2D eigenvalue weighted by molar-refractivity contribution is -0.129. The second kappa shape index (κ2) is 12.7. The molecule has 2 unspecified atom stereocenters. The number of hydrogen-bond acceptors (Lipinski definition) is 3. The number of aliphatic imine (C=N–C) groups is 1. The van der Waals surface area contributed by atoms with Crippen LogP contribution < -0.4 is 5.32 Å². The van der Waals surface area contributed by atoms with E-state index in [1.165, 1.54) is 11.3 Å². The van der Waals surface area contributed by atoms with Crippen LogP contribution >= 0.6 is 35.7 Å². The van der Waals surface area contributed by atoms with E-state index in [4.69, 9.17) is 0 Å². The highest BCUT2D eigenvalue weighted by Gasteiger charge is 2.27. The van der Waals surface area contributed by atoms with E-state index in [9.17, 15) is 4.79 Å². The van der Waals surface area contributed by atoms with Crippen LogP contribution in [0, 0.1) is 5.92 Å². The van der Waals surface area contributed by atoms with Gasteiger partial charge < -0.3 is 15.1 Å². The minimum Gasteiger partial charge on any atom is -0.356 e. The average molecular weight is 531 g/mol. The Labute approximate surface area is 197 Å².